The highest BCUT2D eigenvalue weighted by molar-refractivity contribution is 6.32. The van der Waals surface area contributed by atoms with E-state index in [1.165, 1.54) is 11.6 Å². The Bertz CT molecular complexity index is 694. The second-order valence-electron chi connectivity index (χ2n) is 5.50. The molecule has 124 valence electrons. The van der Waals surface area contributed by atoms with Crippen molar-refractivity contribution < 1.29 is 14.3 Å². The highest BCUT2D eigenvalue weighted by Gasteiger charge is 2.23. The normalized spacial score (nSPS) is 11.9. The summed E-state index contributed by atoms with van der Waals surface area (Å²) in [6.45, 7) is 7.02. The predicted molar refractivity (Wildman–Crippen MR) is 84.6 cm³/mol. The number of carbonyl (C=O) groups is 2. The van der Waals surface area contributed by atoms with Gasteiger partial charge in [-0.25, -0.2) is 4.79 Å². The summed E-state index contributed by atoms with van der Waals surface area (Å²) in [6, 6.07) is 1.68. The number of esters is 1. The van der Waals surface area contributed by atoms with Crippen LogP contribution in [0.5, 0.6) is 0 Å². The quantitative estimate of drug-likeness (QED) is 0.482. The number of hydrogen-bond donors (Lipinski definition) is 1. The lowest BCUT2D eigenvalue weighted by molar-refractivity contribution is -0.118. The van der Waals surface area contributed by atoms with E-state index in [0.29, 0.717) is 18.2 Å². The van der Waals surface area contributed by atoms with Crippen LogP contribution in [0.1, 0.15) is 36.8 Å². The molecule has 8 heteroatoms. The van der Waals surface area contributed by atoms with Crippen molar-refractivity contribution in [1.82, 2.24) is 9.78 Å². The largest absolute Gasteiger partial charge is 0.454 e. The summed E-state index contributed by atoms with van der Waals surface area (Å²) < 4.78 is 6.45. The fraction of sp³-hybridized carbons (Fsp3) is 0.467. The molecule has 0 aliphatic carbocycles. The molecule has 0 aliphatic rings. The van der Waals surface area contributed by atoms with Crippen molar-refractivity contribution in [1.29, 1.82) is 5.26 Å². The molecule has 0 aromatic carbocycles. The Hall–Kier alpha value is -2.33. The van der Waals surface area contributed by atoms with Crippen LogP contribution in [0.2, 0.25) is 5.15 Å². The topological polar surface area (TPSA) is 111 Å². The maximum absolute atomic E-state index is 12.1. The lowest BCUT2D eigenvalue weighted by atomic mass is 10.1. The number of halogens is 1. The molecule has 0 aliphatic heterocycles. The predicted octanol–water partition coefficient (Wildman–Crippen LogP) is 1.98. The van der Waals surface area contributed by atoms with E-state index in [0.717, 1.165) is 0 Å². The monoisotopic (exact) mass is 338 g/mol. The van der Waals surface area contributed by atoms with Gasteiger partial charge in [-0.15, -0.1) is 0 Å². The standard InChI is InChI=1S/C15H19ClN4O3/c1-8(2)6-20-14(16)13(10(4)19-20)15(22)23-7-12(21)11(5-17)9(3)18/h8H,6-7,18H2,1-4H3/b11-9+. The van der Waals surface area contributed by atoms with Crippen LogP contribution in [0.4, 0.5) is 0 Å². The van der Waals surface area contributed by atoms with Crippen molar-refractivity contribution in [3.8, 4) is 6.07 Å². The van der Waals surface area contributed by atoms with Crippen molar-refractivity contribution in [2.24, 2.45) is 11.7 Å². The number of nitrogens with two attached hydrogens (primary N) is 1. The van der Waals surface area contributed by atoms with E-state index < -0.39 is 18.4 Å². The van der Waals surface area contributed by atoms with Gasteiger partial charge < -0.3 is 10.5 Å². The first-order valence-corrected chi connectivity index (χ1v) is 7.36. The van der Waals surface area contributed by atoms with Crippen molar-refractivity contribution in [2.45, 2.75) is 34.2 Å². The summed E-state index contributed by atoms with van der Waals surface area (Å²) in [5.41, 5.74) is 5.81. The maximum Gasteiger partial charge on any atom is 0.343 e. The van der Waals surface area contributed by atoms with E-state index in [1.54, 1.807) is 13.0 Å². The molecular weight excluding hydrogens is 320 g/mol. The molecule has 0 spiro atoms. The van der Waals surface area contributed by atoms with Crippen LogP contribution < -0.4 is 5.73 Å². The Kier molecular flexibility index (Phi) is 6.34. The average molecular weight is 339 g/mol. The zero-order valence-electron chi connectivity index (χ0n) is 13.5. The molecule has 0 saturated carbocycles. The van der Waals surface area contributed by atoms with Crippen molar-refractivity contribution in [3.05, 3.63) is 27.7 Å². The number of hydrogen-bond acceptors (Lipinski definition) is 6. The Morgan fingerprint density at radius 1 is 1.48 bits per heavy atom. The van der Waals surface area contributed by atoms with E-state index in [1.807, 2.05) is 13.8 Å². The number of ether oxygens (including phenoxy) is 1. The fourth-order valence-electron chi connectivity index (χ4n) is 1.90. The summed E-state index contributed by atoms with van der Waals surface area (Å²) in [7, 11) is 0. The SMILES string of the molecule is C/C(N)=C(/C#N)C(=O)COC(=O)c1c(C)nn(CC(C)C)c1Cl. The lowest BCUT2D eigenvalue weighted by Gasteiger charge is -2.06. The van der Waals surface area contributed by atoms with Crippen LogP contribution in [0, 0.1) is 24.2 Å². The second-order valence-corrected chi connectivity index (χ2v) is 5.85. The third-order valence-corrected chi connectivity index (χ3v) is 3.31. The molecule has 7 nitrogen and oxygen atoms in total. The van der Waals surface area contributed by atoms with E-state index >= 15 is 0 Å². The first kappa shape index (κ1) is 18.7. The number of aryl methyl sites for hydroxylation is 1. The van der Waals surface area contributed by atoms with Gasteiger partial charge in [0.2, 0.25) is 5.78 Å². The van der Waals surface area contributed by atoms with Gasteiger partial charge in [0.05, 0.1) is 5.69 Å². The maximum atomic E-state index is 12.1. The van der Waals surface area contributed by atoms with Gasteiger partial charge in [-0.1, -0.05) is 25.4 Å². The molecule has 0 bridgehead atoms. The summed E-state index contributed by atoms with van der Waals surface area (Å²) in [5.74, 6) is -1.12. The molecule has 0 saturated heterocycles. The molecule has 1 rings (SSSR count). The average Bonchev–Trinajstić information content (AvgIpc) is 2.70. The van der Waals surface area contributed by atoms with E-state index in [2.05, 4.69) is 5.10 Å². The van der Waals surface area contributed by atoms with E-state index in [4.69, 9.17) is 27.3 Å². The van der Waals surface area contributed by atoms with E-state index in [9.17, 15) is 9.59 Å². The molecule has 2 N–H and O–H groups in total. The van der Waals surface area contributed by atoms with Crippen LogP contribution in [-0.4, -0.2) is 28.1 Å². The summed E-state index contributed by atoms with van der Waals surface area (Å²) in [4.78, 5) is 23.9. The van der Waals surface area contributed by atoms with Gasteiger partial charge in [-0.05, 0) is 19.8 Å². The van der Waals surface area contributed by atoms with Gasteiger partial charge in [0.15, 0.2) is 6.61 Å². The minimum atomic E-state index is -0.761. The number of rotatable bonds is 6. The summed E-state index contributed by atoms with van der Waals surface area (Å²) in [5, 5.41) is 13.2. The second kappa shape index (κ2) is 7.79. The number of carbonyl (C=O) groups excluding carboxylic acids is 2. The smallest absolute Gasteiger partial charge is 0.343 e. The molecule has 0 radical (unpaired) electrons. The van der Waals surface area contributed by atoms with E-state index in [-0.39, 0.29) is 22.0 Å². The number of Topliss-reactive ketones (excluding diaryl/α,β-unsaturated/α-hetero) is 1. The molecule has 23 heavy (non-hydrogen) atoms. The number of aromatic nitrogens is 2. The molecule has 1 aromatic heterocycles. The van der Waals surface area contributed by atoms with Crippen LogP contribution in [0.3, 0.4) is 0 Å². The molecule has 0 unspecified atom stereocenters. The van der Waals surface area contributed by atoms with Gasteiger partial charge in [0.25, 0.3) is 0 Å². The zero-order valence-corrected chi connectivity index (χ0v) is 14.3. The molecular formula is C15H19ClN4O3. The van der Waals surface area contributed by atoms with Crippen LogP contribution in [0.25, 0.3) is 0 Å². The number of allylic oxidation sites excluding steroid dienone is 1. The Labute approximate surface area is 139 Å². The highest BCUT2D eigenvalue weighted by Crippen LogP contribution is 2.22. The van der Waals surface area contributed by atoms with Crippen LogP contribution in [-0.2, 0) is 16.1 Å². The Morgan fingerprint density at radius 3 is 2.57 bits per heavy atom. The number of ketones is 1. The fourth-order valence-corrected chi connectivity index (χ4v) is 2.22. The van der Waals surface area contributed by atoms with Gasteiger partial charge in [-0.3, -0.25) is 9.48 Å². The minimum absolute atomic E-state index is 0.0764. The van der Waals surface area contributed by atoms with Gasteiger partial charge >= 0.3 is 5.97 Å². The third kappa shape index (κ3) is 4.57. The van der Waals surface area contributed by atoms with Crippen molar-refractivity contribution in [3.63, 3.8) is 0 Å². The van der Waals surface area contributed by atoms with Crippen molar-refractivity contribution in [2.75, 3.05) is 6.61 Å². The van der Waals surface area contributed by atoms with Crippen molar-refractivity contribution >= 4 is 23.4 Å². The van der Waals surface area contributed by atoms with Gasteiger partial charge in [0.1, 0.15) is 22.4 Å². The molecule has 0 fully saturated rings. The molecule has 1 aromatic rings. The summed E-state index contributed by atoms with van der Waals surface area (Å²) >= 11 is 6.16. The van der Waals surface area contributed by atoms with Gasteiger partial charge in [0, 0.05) is 12.2 Å². The Balaban J connectivity index is 2.88. The zero-order chi connectivity index (χ0) is 17.7. The minimum Gasteiger partial charge on any atom is -0.454 e. The number of nitrogens with zero attached hydrogens (tertiary/aromatic N) is 3. The molecule has 0 amide bonds. The Morgan fingerprint density at radius 2 is 2.09 bits per heavy atom. The number of nitriles is 1. The van der Waals surface area contributed by atoms with Crippen LogP contribution in [0.15, 0.2) is 11.3 Å². The first-order valence-electron chi connectivity index (χ1n) is 6.98. The lowest BCUT2D eigenvalue weighted by Crippen LogP contribution is -2.18. The highest BCUT2D eigenvalue weighted by atomic mass is 35.5. The first-order chi connectivity index (χ1) is 10.7. The molecule has 1 heterocycles. The summed E-state index contributed by atoms with van der Waals surface area (Å²) in [6.07, 6.45) is 0. The third-order valence-electron chi connectivity index (χ3n) is 2.93. The molecule has 0 atom stereocenters. The van der Waals surface area contributed by atoms with Crippen LogP contribution >= 0.6 is 11.6 Å². The van der Waals surface area contributed by atoms with Gasteiger partial charge in [-0.2, -0.15) is 10.4 Å².